The standard InChI is InChI=1S/C14H20BrF3N2/c1-2-3-4-5-6-7-10-20(14(16,17)18)13-9-8-12(15)11-19-13/h8-9,11H,2-7,10H2,1H3. The van der Waals surface area contributed by atoms with Crippen LogP contribution >= 0.6 is 15.9 Å². The van der Waals surface area contributed by atoms with Crippen LogP contribution in [0.4, 0.5) is 19.0 Å². The highest BCUT2D eigenvalue weighted by Crippen LogP contribution is 2.28. The van der Waals surface area contributed by atoms with E-state index in [1.807, 2.05) is 0 Å². The van der Waals surface area contributed by atoms with Gasteiger partial charge in [-0.2, -0.15) is 13.2 Å². The molecule has 0 aliphatic carbocycles. The smallest absolute Gasteiger partial charge is 0.268 e. The van der Waals surface area contributed by atoms with E-state index in [2.05, 4.69) is 27.8 Å². The fraction of sp³-hybridized carbons (Fsp3) is 0.643. The molecule has 0 bridgehead atoms. The average Bonchev–Trinajstić information content (AvgIpc) is 2.38. The first kappa shape index (κ1) is 17.3. The SMILES string of the molecule is CCCCCCCCN(c1ccc(Br)cn1)C(F)(F)F. The largest absolute Gasteiger partial charge is 0.486 e. The van der Waals surface area contributed by atoms with Crippen molar-refractivity contribution in [1.29, 1.82) is 0 Å². The Bertz CT molecular complexity index is 379. The Morgan fingerprint density at radius 2 is 1.75 bits per heavy atom. The molecule has 0 aliphatic rings. The minimum absolute atomic E-state index is 0.0374. The molecule has 0 aromatic carbocycles. The van der Waals surface area contributed by atoms with Crippen molar-refractivity contribution in [2.75, 3.05) is 11.4 Å². The van der Waals surface area contributed by atoms with E-state index in [9.17, 15) is 13.2 Å². The number of aromatic nitrogens is 1. The van der Waals surface area contributed by atoms with E-state index in [-0.39, 0.29) is 12.4 Å². The molecule has 0 saturated heterocycles. The predicted molar refractivity (Wildman–Crippen MR) is 78.7 cm³/mol. The van der Waals surface area contributed by atoms with Gasteiger partial charge in [0.1, 0.15) is 5.82 Å². The zero-order valence-electron chi connectivity index (χ0n) is 11.6. The van der Waals surface area contributed by atoms with Crippen LogP contribution in [0, 0.1) is 0 Å². The van der Waals surface area contributed by atoms with Gasteiger partial charge in [0, 0.05) is 17.2 Å². The lowest BCUT2D eigenvalue weighted by Crippen LogP contribution is -2.39. The highest BCUT2D eigenvalue weighted by Gasteiger charge is 2.37. The van der Waals surface area contributed by atoms with Crippen LogP contribution in [0.25, 0.3) is 0 Å². The van der Waals surface area contributed by atoms with Crippen molar-refractivity contribution in [3.63, 3.8) is 0 Å². The van der Waals surface area contributed by atoms with Crippen LogP contribution < -0.4 is 4.90 Å². The van der Waals surface area contributed by atoms with Crippen LogP contribution in [0.15, 0.2) is 22.8 Å². The molecule has 1 aromatic heterocycles. The van der Waals surface area contributed by atoms with E-state index >= 15 is 0 Å². The number of alkyl halides is 3. The molecule has 0 saturated carbocycles. The monoisotopic (exact) mass is 352 g/mol. The van der Waals surface area contributed by atoms with Gasteiger partial charge in [0.05, 0.1) is 0 Å². The first-order valence-electron chi connectivity index (χ1n) is 6.91. The Kier molecular flexibility index (Phi) is 7.34. The lowest BCUT2D eigenvalue weighted by Gasteiger charge is -2.25. The second-order valence-corrected chi connectivity index (χ2v) is 5.64. The molecule has 20 heavy (non-hydrogen) atoms. The second kappa shape index (κ2) is 8.49. The fourth-order valence-electron chi connectivity index (χ4n) is 1.95. The predicted octanol–water partition coefficient (Wildman–Crippen LogP) is 5.53. The minimum atomic E-state index is -4.38. The Hall–Kier alpha value is -0.780. The third kappa shape index (κ3) is 6.11. The van der Waals surface area contributed by atoms with Crippen molar-refractivity contribution >= 4 is 21.7 Å². The van der Waals surface area contributed by atoms with Gasteiger partial charge in [0.25, 0.3) is 0 Å². The average molecular weight is 353 g/mol. The molecule has 0 fully saturated rings. The number of unbranched alkanes of at least 4 members (excludes halogenated alkanes) is 5. The quantitative estimate of drug-likeness (QED) is 0.451. The van der Waals surface area contributed by atoms with E-state index in [0.717, 1.165) is 32.1 Å². The normalized spacial score (nSPS) is 11.7. The summed E-state index contributed by atoms with van der Waals surface area (Å²) in [5.74, 6) is -0.0470. The molecule has 0 N–H and O–H groups in total. The third-order valence-electron chi connectivity index (χ3n) is 3.03. The molecule has 0 radical (unpaired) electrons. The minimum Gasteiger partial charge on any atom is -0.268 e. The topological polar surface area (TPSA) is 16.1 Å². The molecule has 114 valence electrons. The lowest BCUT2D eigenvalue weighted by atomic mass is 10.1. The van der Waals surface area contributed by atoms with Crippen molar-refractivity contribution in [3.8, 4) is 0 Å². The molecule has 2 nitrogen and oxygen atoms in total. The number of nitrogens with zero attached hydrogens (tertiary/aromatic N) is 2. The second-order valence-electron chi connectivity index (χ2n) is 4.72. The summed E-state index contributed by atoms with van der Waals surface area (Å²) in [6.07, 6.45) is 2.73. The zero-order valence-corrected chi connectivity index (χ0v) is 13.2. The maximum absolute atomic E-state index is 13.0. The van der Waals surface area contributed by atoms with E-state index in [4.69, 9.17) is 0 Å². The van der Waals surface area contributed by atoms with Crippen LogP contribution in [0.5, 0.6) is 0 Å². The number of anilines is 1. The fourth-order valence-corrected chi connectivity index (χ4v) is 2.18. The van der Waals surface area contributed by atoms with E-state index < -0.39 is 6.30 Å². The van der Waals surface area contributed by atoms with Crippen molar-refractivity contribution in [3.05, 3.63) is 22.8 Å². The first-order valence-corrected chi connectivity index (χ1v) is 7.70. The molecule has 1 heterocycles. The van der Waals surface area contributed by atoms with Gasteiger partial charge in [-0.05, 0) is 34.5 Å². The number of halogens is 4. The van der Waals surface area contributed by atoms with Gasteiger partial charge in [0.15, 0.2) is 0 Å². The first-order chi connectivity index (χ1) is 9.45. The van der Waals surface area contributed by atoms with Crippen LogP contribution in [0.3, 0.4) is 0 Å². The molecule has 1 rings (SSSR count). The summed E-state index contributed by atoms with van der Waals surface area (Å²) in [7, 11) is 0. The van der Waals surface area contributed by atoms with Gasteiger partial charge < -0.3 is 0 Å². The highest BCUT2D eigenvalue weighted by atomic mass is 79.9. The van der Waals surface area contributed by atoms with E-state index in [0.29, 0.717) is 15.8 Å². The molecular weight excluding hydrogens is 333 g/mol. The molecular formula is C14H20BrF3N2. The van der Waals surface area contributed by atoms with Gasteiger partial charge in [0.2, 0.25) is 0 Å². The molecule has 0 atom stereocenters. The lowest BCUT2D eigenvalue weighted by molar-refractivity contribution is -0.129. The Balaban J connectivity index is 2.51. The van der Waals surface area contributed by atoms with Crippen molar-refractivity contribution in [1.82, 2.24) is 4.98 Å². The van der Waals surface area contributed by atoms with Crippen molar-refractivity contribution in [2.24, 2.45) is 0 Å². The maximum atomic E-state index is 13.0. The third-order valence-corrected chi connectivity index (χ3v) is 3.50. The van der Waals surface area contributed by atoms with Gasteiger partial charge in [-0.1, -0.05) is 39.0 Å². The molecule has 6 heteroatoms. The van der Waals surface area contributed by atoms with E-state index in [1.54, 1.807) is 6.07 Å². The summed E-state index contributed by atoms with van der Waals surface area (Å²) in [6.45, 7) is 2.08. The molecule has 0 spiro atoms. The van der Waals surface area contributed by atoms with Gasteiger partial charge in [-0.3, -0.25) is 4.90 Å². The summed E-state index contributed by atoms with van der Waals surface area (Å²) in [4.78, 5) is 4.25. The van der Waals surface area contributed by atoms with Gasteiger partial charge in [-0.25, -0.2) is 4.98 Å². The molecule has 1 aromatic rings. The summed E-state index contributed by atoms with van der Waals surface area (Å²) < 4.78 is 39.7. The maximum Gasteiger partial charge on any atom is 0.486 e. The Morgan fingerprint density at radius 3 is 2.30 bits per heavy atom. The van der Waals surface area contributed by atoms with Gasteiger partial charge in [-0.15, -0.1) is 0 Å². The van der Waals surface area contributed by atoms with Crippen LogP contribution in [-0.4, -0.2) is 17.8 Å². The van der Waals surface area contributed by atoms with Crippen molar-refractivity contribution < 1.29 is 13.2 Å². The summed E-state index contributed by atoms with van der Waals surface area (Å²) in [5.41, 5.74) is 0. The zero-order chi connectivity index (χ0) is 15.0. The van der Waals surface area contributed by atoms with Crippen LogP contribution in [0.1, 0.15) is 45.4 Å². The number of pyridine rings is 1. The molecule has 0 unspecified atom stereocenters. The van der Waals surface area contributed by atoms with Crippen LogP contribution in [0.2, 0.25) is 0 Å². The van der Waals surface area contributed by atoms with Crippen LogP contribution in [-0.2, 0) is 0 Å². The number of rotatable bonds is 8. The van der Waals surface area contributed by atoms with Crippen molar-refractivity contribution in [2.45, 2.75) is 51.7 Å². The summed E-state index contributed by atoms with van der Waals surface area (Å²) in [6, 6.07) is 2.96. The number of hydrogen-bond donors (Lipinski definition) is 0. The highest BCUT2D eigenvalue weighted by molar-refractivity contribution is 9.10. The Morgan fingerprint density at radius 1 is 1.10 bits per heavy atom. The summed E-state index contributed by atoms with van der Waals surface area (Å²) >= 11 is 3.17. The summed E-state index contributed by atoms with van der Waals surface area (Å²) in [5, 5.41) is 0. The molecule has 0 aliphatic heterocycles. The number of hydrogen-bond acceptors (Lipinski definition) is 2. The Labute approximate surface area is 126 Å². The molecule has 0 amide bonds. The van der Waals surface area contributed by atoms with Gasteiger partial charge >= 0.3 is 6.30 Å². The van der Waals surface area contributed by atoms with E-state index in [1.165, 1.54) is 12.3 Å².